The second-order valence-corrected chi connectivity index (χ2v) is 8.51. The summed E-state index contributed by atoms with van der Waals surface area (Å²) in [6.45, 7) is 2.93. The van der Waals surface area contributed by atoms with Gasteiger partial charge < -0.3 is 4.74 Å². The molecule has 0 unspecified atom stereocenters. The normalized spacial score (nSPS) is 11.4. The third kappa shape index (κ3) is 5.77. The molecule has 30 heavy (non-hydrogen) atoms. The molecule has 0 spiro atoms. The number of unbranched alkanes of at least 4 members (excludes halogenated alkanes) is 1. The molecule has 8 heteroatoms. The van der Waals surface area contributed by atoms with E-state index in [1.54, 1.807) is 12.1 Å². The molecule has 0 saturated carbocycles. The second-order valence-electron chi connectivity index (χ2n) is 6.74. The van der Waals surface area contributed by atoms with Gasteiger partial charge in [0.15, 0.2) is 0 Å². The SMILES string of the molecule is CCCCOc1ccc(S(=O)(=O)NCCn2cnc(-c3ccccc3)cc2=O)cc1. The molecule has 0 amide bonds. The third-order valence-electron chi connectivity index (χ3n) is 4.49. The molecule has 0 aliphatic heterocycles. The van der Waals surface area contributed by atoms with E-state index < -0.39 is 10.0 Å². The van der Waals surface area contributed by atoms with Crippen molar-refractivity contribution < 1.29 is 13.2 Å². The Balaban J connectivity index is 1.58. The van der Waals surface area contributed by atoms with Crippen LogP contribution in [0.2, 0.25) is 0 Å². The Morgan fingerprint density at radius 1 is 1.07 bits per heavy atom. The van der Waals surface area contributed by atoms with Crippen molar-refractivity contribution in [2.75, 3.05) is 13.2 Å². The number of nitrogens with zero attached hydrogens (tertiary/aromatic N) is 2. The lowest BCUT2D eigenvalue weighted by molar-refractivity contribution is 0.309. The van der Waals surface area contributed by atoms with Gasteiger partial charge in [0.25, 0.3) is 5.56 Å². The maximum Gasteiger partial charge on any atom is 0.253 e. The number of ether oxygens (including phenoxy) is 1. The van der Waals surface area contributed by atoms with Gasteiger partial charge in [0.05, 0.1) is 23.5 Å². The molecule has 1 heterocycles. The van der Waals surface area contributed by atoms with E-state index in [1.807, 2.05) is 30.3 Å². The van der Waals surface area contributed by atoms with Gasteiger partial charge in [0, 0.05) is 24.7 Å². The van der Waals surface area contributed by atoms with Crippen molar-refractivity contribution in [2.24, 2.45) is 0 Å². The summed E-state index contributed by atoms with van der Waals surface area (Å²) in [5, 5.41) is 0. The molecule has 1 N–H and O–H groups in total. The molecule has 0 bridgehead atoms. The van der Waals surface area contributed by atoms with Gasteiger partial charge in [0.2, 0.25) is 10.0 Å². The molecule has 3 aromatic rings. The second kappa shape index (κ2) is 10.2. The summed E-state index contributed by atoms with van der Waals surface area (Å²) in [7, 11) is -3.68. The van der Waals surface area contributed by atoms with Crippen LogP contribution in [0, 0.1) is 0 Å². The Bertz CT molecular complexity index is 1110. The van der Waals surface area contributed by atoms with Crippen LogP contribution in [0.15, 0.2) is 76.7 Å². The maximum atomic E-state index is 12.5. The lowest BCUT2D eigenvalue weighted by Crippen LogP contribution is -2.30. The van der Waals surface area contributed by atoms with E-state index in [4.69, 9.17) is 4.74 Å². The van der Waals surface area contributed by atoms with E-state index in [-0.39, 0.29) is 23.5 Å². The van der Waals surface area contributed by atoms with Gasteiger partial charge in [-0.3, -0.25) is 9.36 Å². The van der Waals surface area contributed by atoms with Gasteiger partial charge in [-0.2, -0.15) is 0 Å². The lowest BCUT2D eigenvalue weighted by atomic mass is 10.1. The lowest BCUT2D eigenvalue weighted by Gasteiger charge is -2.10. The van der Waals surface area contributed by atoms with Crippen LogP contribution in [0.25, 0.3) is 11.3 Å². The van der Waals surface area contributed by atoms with Crippen LogP contribution < -0.4 is 15.0 Å². The zero-order chi connectivity index (χ0) is 21.4. The molecule has 3 rings (SSSR count). The number of sulfonamides is 1. The van der Waals surface area contributed by atoms with Gasteiger partial charge in [-0.05, 0) is 30.7 Å². The van der Waals surface area contributed by atoms with Gasteiger partial charge in [-0.1, -0.05) is 43.7 Å². The van der Waals surface area contributed by atoms with E-state index in [1.165, 1.54) is 29.1 Å². The van der Waals surface area contributed by atoms with Crippen LogP contribution in [0.4, 0.5) is 0 Å². The first-order chi connectivity index (χ1) is 14.5. The summed E-state index contributed by atoms with van der Waals surface area (Å²) in [6.07, 6.45) is 3.41. The summed E-state index contributed by atoms with van der Waals surface area (Å²) in [5.74, 6) is 0.638. The summed E-state index contributed by atoms with van der Waals surface area (Å²) in [5.41, 5.74) is 1.19. The van der Waals surface area contributed by atoms with Crippen molar-refractivity contribution in [3.8, 4) is 17.0 Å². The molecule has 0 aliphatic carbocycles. The minimum absolute atomic E-state index is 0.0728. The Morgan fingerprint density at radius 2 is 1.80 bits per heavy atom. The zero-order valence-electron chi connectivity index (χ0n) is 16.8. The number of hydrogen-bond donors (Lipinski definition) is 1. The van der Waals surface area contributed by atoms with Crippen LogP contribution in [0.3, 0.4) is 0 Å². The molecule has 0 radical (unpaired) electrons. The summed E-state index contributed by atoms with van der Waals surface area (Å²) < 4.78 is 34.4. The monoisotopic (exact) mass is 427 g/mol. The highest BCUT2D eigenvalue weighted by atomic mass is 32.2. The molecular formula is C22H25N3O4S. The maximum absolute atomic E-state index is 12.5. The first kappa shape index (κ1) is 21.7. The van der Waals surface area contributed by atoms with Crippen molar-refractivity contribution >= 4 is 10.0 Å². The fraction of sp³-hybridized carbons (Fsp3) is 0.273. The molecule has 0 fully saturated rings. The van der Waals surface area contributed by atoms with Crippen molar-refractivity contribution in [3.05, 3.63) is 77.3 Å². The van der Waals surface area contributed by atoms with Crippen molar-refractivity contribution in [1.82, 2.24) is 14.3 Å². The fourth-order valence-electron chi connectivity index (χ4n) is 2.79. The first-order valence-electron chi connectivity index (χ1n) is 9.84. The Hall–Kier alpha value is -2.97. The smallest absolute Gasteiger partial charge is 0.253 e. The first-order valence-corrected chi connectivity index (χ1v) is 11.3. The molecule has 0 atom stereocenters. The molecule has 7 nitrogen and oxygen atoms in total. The summed E-state index contributed by atoms with van der Waals surface area (Å²) in [6, 6.07) is 17.1. The molecule has 158 valence electrons. The van der Waals surface area contributed by atoms with Gasteiger partial charge >= 0.3 is 0 Å². The van der Waals surface area contributed by atoms with Crippen LogP contribution in [-0.2, 0) is 16.6 Å². The predicted molar refractivity (Wildman–Crippen MR) is 116 cm³/mol. The van der Waals surface area contributed by atoms with E-state index >= 15 is 0 Å². The van der Waals surface area contributed by atoms with E-state index in [2.05, 4.69) is 16.6 Å². The van der Waals surface area contributed by atoms with Crippen molar-refractivity contribution in [1.29, 1.82) is 0 Å². The van der Waals surface area contributed by atoms with Crippen molar-refractivity contribution in [2.45, 2.75) is 31.2 Å². The van der Waals surface area contributed by atoms with E-state index in [9.17, 15) is 13.2 Å². The third-order valence-corrected chi connectivity index (χ3v) is 5.97. The molecule has 2 aromatic carbocycles. The number of benzene rings is 2. The molecule has 1 aromatic heterocycles. The predicted octanol–water partition coefficient (Wildman–Crippen LogP) is 3.07. The minimum atomic E-state index is -3.68. The summed E-state index contributed by atoms with van der Waals surface area (Å²) >= 11 is 0. The van der Waals surface area contributed by atoms with Crippen LogP contribution in [0.5, 0.6) is 5.75 Å². The average molecular weight is 428 g/mol. The van der Waals surface area contributed by atoms with E-state index in [0.29, 0.717) is 18.1 Å². The van der Waals surface area contributed by atoms with Gasteiger partial charge in [-0.15, -0.1) is 0 Å². The van der Waals surface area contributed by atoms with Crippen molar-refractivity contribution in [3.63, 3.8) is 0 Å². The number of aromatic nitrogens is 2. The Labute approximate surface area is 176 Å². The van der Waals surface area contributed by atoms with Crippen LogP contribution >= 0.6 is 0 Å². The van der Waals surface area contributed by atoms with Gasteiger partial charge in [-0.25, -0.2) is 18.1 Å². The number of hydrogen-bond acceptors (Lipinski definition) is 5. The van der Waals surface area contributed by atoms with Crippen LogP contribution in [0.1, 0.15) is 19.8 Å². The minimum Gasteiger partial charge on any atom is -0.494 e. The Morgan fingerprint density at radius 3 is 2.47 bits per heavy atom. The van der Waals surface area contributed by atoms with E-state index in [0.717, 1.165) is 18.4 Å². The number of nitrogens with one attached hydrogen (secondary N) is 1. The number of rotatable bonds is 10. The van der Waals surface area contributed by atoms with Gasteiger partial charge in [0.1, 0.15) is 5.75 Å². The average Bonchev–Trinajstić information content (AvgIpc) is 2.76. The highest BCUT2D eigenvalue weighted by Gasteiger charge is 2.13. The topological polar surface area (TPSA) is 90.3 Å². The molecule has 0 aliphatic rings. The molecule has 0 saturated heterocycles. The largest absolute Gasteiger partial charge is 0.494 e. The fourth-order valence-corrected chi connectivity index (χ4v) is 3.81. The highest BCUT2D eigenvalue weighted by molar-refractivity contribution is 7.89. The standard InChI is InChI=1S/C22H25N3O4S/c1-2-3-15-29-19-9-11-20(12-10-19)30(27,28)24-13-14-25-17-23-21(16-22(25)26)18-7-5-4-6-8-18/h4-12,16-17,24H,2-3,13-15H2,1H3. The van der Waals surface area contributed by atoms with Crippen LogP contribution in [-0.4, -0.2) is 31.1 Å². The summed E-state index contributed by atoms with van der Waals surface area (Å²) in [4.78, 5) is 16.8. The highest BCUT2D eigenvalue weighted by Crippen LogP contribution is 2.16. The quantitative estimate of drug-likeness (QED) is 0.502. The zero-order valence-corrected chi connectivity index (χ0v) is 17.6. The Kier molecular flexibility index (Phi) is 7.37. The molecular weight excluding hydrogens is 402 g/mol.